The SMILES string of the molecule is O=C(c1sc2cc(F)ccc2c1Cl)N(CCCN1CCOCC1)Cc1ccncc1. The van der Waals surface area contributed by atoms with Gasteiger partial charge in [0.25, 0.3) is 5.91 Å². The van der Waals surface area contributed by atoms with E-state index >= 15 is 0 Å². The number of morpholine rings is 1. The maximum atomic E-state index is 13.6. The van der Waals surface area contributed by atoms with Crippen molar-refractivity contribution >= 4 is 38.9 Å². The number of rotatable bonds is 7. The fraction of sp³-hybridized carbons (Fsp3) is 0.364. The summed E-state index contributed by atoms with van der Waals surface area (Å²) in [6.45, 7) is 5.36. The number of benzene rings is 1. The minimum absolute atomic E-state index is 0.125. The third-order valence-corrected chi connectivity index (χ3v) is 6.85. The van der Waals surface area contributed by atoms with Crippen LogP contribution >= 0.6 is 22.9 Å². The summed E-state index contributed by atoms with van der Waals surface area (Å²) in [6, 6.07) is 8.24. The van der Waals surface area contributed by atoms with Gasteiger partial charge in [0.15, 0.2) is 0 Å². The Morgan fingerprint density at radius 1 is 1.23 bits per heavy atom. The lowest BCUT2D eigenvalue weighted by Gasteiger charge is -2.28. The van der Waals surface area contributed by atoms with Gasteiger partial charge in [-0.1, -0.05) is 11.6 Å². The molecule has 1 amide bonds. The first kappa shape index (κ1) is 21.2. The van der Waals surface area contributed by atoms with Crippen molar-refractivity contribution < 1.29 is 13.9 Å². The van der Waals surface area contributed by atoms with E-state index in [0.29, 0.717) is 33.1 Å². The van der Waals surface area contributed by atoms with E-state index < -0.39 is 0 Å². The molecule has 30 heavy (non-hydrogen) atoms. The second-order valence-electron chi connectivity index (χ2n) is 7.28. The first-order valence-electron chi connectivity index (χ1n) is 9.97. The first-order chi connectivity index (χ1) is 14.6. The van der Waals surface area contributed by atoms with Gasteiger partial charge in [0.2, 0.25) is 0 Å². The van der Waals surface area contributed by atoms with E-state index in [1.165, 1.54) is 23.5 Å². The molecular weight excluding hydrogens is 425 g/mol. The van der Waals surface area contributed by atoms with E-state index in [-0.39, 0.29) is 11.7 Å². The standard InChI is InChI=1S/C22H23ClFN3O2S/c23-20-18-3-2-17(24)14-19(18)30-21(20)22(28)27(15-16-4-6-25-7-5-16)9-1-8-26-10-12-29-13-11-26/h2-7,14H,1,8-13,15H2. The normalized spacial score (nSPS) is 14.9. The van der Waals surface area contributed by atoms with Gasteiger partial charge >= 0.3 is 0 Å². The summed E-state index contributed by atoms with van der Waals surface area (Å²) in [5, 5.41) is 1.11. The third kappa shape index (κ3) is 4.98. The third-order valence-electron chi connectivity index (χ3n) is 5.20. The molecule has 2 aromatic heterocycles. The van der Waals surface area contributed by atoms with Crippen LogP contribution in [0.3, 0.4) is 0 Å². The number of fused-ring (bicyclic) bond motifs is 1. The Bertz CT molecular complexity index is 1010. The smallest absolute Gasteiger partial charge is 0.265 e. The zero-order valence-corrected chi connectivity index (χ0v) is 18.1. The molecule has 1 aliphatic rings. The Hall–Kier alpha value is -2.06. The molecule has 0 unspecified atom stereocenters. The molecular formula is C22H23ClFN3O2S. The van der Waals surface area contributed by atoms with E-state index in [9.17, 15) is 9.18 Å². The molecule has 1 aliphatic heterocycles. The highest BCUT2D eigenvalue weighted by Gasteiger charge is 2.23. The van der Waals surface area contributed by atoms with E-state index in [0.717, 1.165) is 44.8 Å². The van der Waals surface area contributed by atoms with E-state index in [1.54, 1.807) is 18.5 Å². The van der Waals surface area contributed by atoms with E-state index in [4.69, 9.17) is 16.3 Å². The van der Waals surface area contributed by atoms with Crippen LogP contribution in [0.4, 0.5) is 4.39 Å². The minimum Gasteiger partial charge on any atom is -0.379 e. The van der Waals surface area contributed by atoms with Crippen LogP contribution in [0.5, 0.6) is 0 Å². The predicted octanol–water partition coefficient (Wildman–Crippen LogP) is 4.45. The van der Waals surface area contributed by atoms with Crippen LogP contribution in [0, 0.1) is 5.82 Å². The monoisotopic (exact) mass is 447 g/mol. The van der Waals surface area contributed by atoms with Crippen molar-refractivity contribution in [1.82, 2.24) is 14.8 Å². The van der Waals surface area contributed by atoms with Gasteiger partial charge in [-0.2, -0.15) is 0 Å². The molecule has 1 fully saturated rings. The molecule has 8 heteroatoms. The van der Waals surface area contributed by atoms with Gasteiger partial charge in [0.05, 0.1) is 18.2 Å². The number of amides is 1. The van der Waals surface area contributed by atoms with Crippen molar-refractivity contribution in [2.45, 2.75) is 13.0 Å². The number of hydrogen-bond donors (Lipinski definition) is 0. The number of nitrogens with zero attached hydrogens (tertiary/aromatic N) is 3. The number of thiophene rings is 1. The summed E-state index contributed by atoms with van der Waals surface area (Å²) in [4.78, 5) is 22.1. The number of carbonyl (C=O) groups is 1. The van der Waals surface area contributed by atoms with Gasteiger partial charge in [-0.05, 0) is 42.3 Å². The molecule has 0 radical (unpaired) electrons. The number of aromatic nitrogens is 1. The molecule has 0 bridgehead atoms. The zero-order valence-electron chi connectivity index (χ0n) is 16.5. The lowest BCUT2D eigenvalue weighted by Crippen LogP contribution is -2.39. The van der Waals surface area contributed by atoms with Crippen LogP contribution in [0.25, 0.3) is 10.1 Å². The second-order valence-corrected chi connectivity index (χ2v) is 8.71. The van der Waals surface area contributed by atoms with E-state index in [2.05, 4.69) is 9.88 Å². The van der Waals surface area contributed by atoms with Gasteiger partial charge in [-0.3, -0.25) is 14.7 Å². The fourth-order valence-electron chi connectivity index (χ4n) is 3.59. The number of hydrogen-bond acceptors (Lipinski definition) is 5. The Balaban J connectivity index is 1.53. The lowest BCUT2D eigenvalue weighted by molar-refractivity contribution is 0.0356. The summed E-state index contributed by atoms with van der Waals surface area (Å²) < 4.78 is 19.7. The maximum absolute atomic E-state index is 13.6. The van der Waals surface area contributed by atoms with Crippen LogP contribution in [-0.2, 0) is 11.3 Å². The van der Waals surface area contributed by atoms with Crippen LogP contribution in [0.15, 0.2) is 42.7 Å². The van der Waals surface area contributed by atoms with Crippen molar-refractivity contribution in [3.05, 3.63) is 64.0 Å². The molecule has 5 nitrogen and oxygen atoms in total. The summed E-state index contributed by atoms with van der Waals surface area (Å²) in [5.74, 6) is -0.459. The molecule has 4 rings (SSSR count). The number of halogens is 2. The molecule has 158 valence electrons. The van der Waals surface area contributed by atoms with Crippen molar-refractivity contribution in [3.8, 4) is 0 Å². The van der Waals surface area contributed by atoms with Crippen LogP contribution in [0.1, 0.15) is 21.7 Å². The average molecular weight is 448 g/mol. The summed E-state index contributed by atoms with van der Waals surface area (Å²) in [5.41, 5.74) is 1.01. The van der Waals surface area contributed by atoms with Crippen LogP contribution in [0.2, 0.25) is 5.02 Å². The summed E-state index contributed by atoms with van der Waals surface area (Å²) >= 11 is 7.76. The second kappa shape index (κ2) is 9.83. The minimum atomic E-state index is -0.335. The Morgan fingerprint density at radius 3 is 2.77 bits per heavy atom. The van der Waals surface area contributed by atoms with Crippen molar-refractivity contribution in [1.29, 1.82) is 0 Å². The molecule has 3 aromatic rings. The Kier molecular flexibility index (Phi) is 6.94. The number of carbonyl (C=O) groups excluding carboxylic acids is 1. The van der Waals surface area contributed by atoms with Crippen LogP contribution < -0.4 is 0 Å². The lowest BCUT2D eigenvalue weighted by atomic mass is 10.2. The van der Waals surface area contributed by atoms with Crippen LogP contribution in [-0.4, -0.2) is 60.1 Å². The number of ether oxygens (including phenoxy) is 1. The molecule has 0 aliphatic carbocycles. The summed E-state index contributed by atoms with van der Waals surface area (Å²) in [7, 11) is 0. The Morgan fingerprint density at radius 2 is 2.00 bits per heavy atom. The van der Waals surface area contributed by atoms with Gasteiger partial charge < -0.3 is 9.64 Å². The highest BCUT2D eigenvalue weighted by atomic mass is 35.5. The highest BCUT2D eigenvalue weighted by molar-refractivity contribution is 7.21. The average Bonchev–Trinajstić information content (AvgIpc) is 3.09. The first-order valence-corrected chi connectivity index (χ1v) is 11.2. The van der Waals surface area contributed by atoms with Gasteiger partial charge in [0, 0.05) is 55.2 Å². The van der Waals surface area contributed by atoms with Gasteiger partial charge in [-0.15, -0.1) is 11.3 Å². The fourth-order valence-corrected chi connectivity index (χ4v) is 5.10. The van der Waals surface area contributed by atoms with Crippen molar-refractivity contribution in [2.75, 3.05) is 39.4 Å². The zero-order chi connectivity index (χ0) is 20.9. The van der Waals surface area contributed by atoms with Gasteiger partial charge in [0.1, 0.15) is 10.7 Å². The molecule has 3 heterocycles. The molecule has 0 atom stereocenters. The Labute approximate surface area is 184 Å². The molecule has 0 N–H and O–H groups in total. The molecule has 1 aromatic carbocycles. The molecule has 0 saturated carbocycles. The van der Waals surface area contributed by atoms with Crippen molar-refractivity contribution in [3.63, 3.8) is 0 Å². The highest BCUT2D eigenvalue weighted by Crippen LogP contribution is 2.36. The molecule has 1 saturated heterocycles. The van der Waals surface area contributed by atoms with Crippen molar-refractivity contribution in [2.24, 2.45) is 0 Å². The topological polar surface area (TPSA) is 45.7 Å². The molecule has 0 spiro atoms. The number of pyridine rings is 1. The van der Waals surface area contributed by atoms with E-state index in [1.807, 2.05) is 17.0 Å². The largest absolute Gasteiger partial charge is 0.379 e. The maximum Gasteiger partial charge on any atom is 0.265 e. The summed E-state index contributed by atoms with van der Waals surface area (Å²) in [6.07, 6.45) is 4.30. The predicted molar refractivity (Wildman–Crippen MR) is 118 cm³/mol. The van der Waals surface area contributed by atoms with Gasteiger partial charge in [-0.25, -0.2) is 4.39 Å². The quantitative estimate of drug-likeness (QED) is 0.536.